The Morgan fingerprint density at radius 3 is 2.43 bits per heavy atom. The molecule has 0 saturated carbocycles. The first-order chi connectivity index (χ1) is 6.86. The Kier molecular flexibility index (Phi) is 4.56. The summed E-state index contributed by atoms with van der Waals surface area (Å²) in [6.45, 7) is 8.11. The van der Waals surface area contributed by atoms with Gasteiger partial charge in [-0.2, -0.15) is 0 Å². The van der Waals surface area contributed by atoms with Crippen molar-refractivity contribution in [3.05, 3.63) is 49.1 Å². The summed E-state index contributed by atoms with van der Waals surface area (Å²) in [7, 11) is 0. The molecule has 0 aliphatic carbocycles. The molecule has 0 fully saturated rings. The fourth-order valence-electron chi connectivity index (χ4n) is 1.12. The summed E-state index contributed by atoms with van der Waals surface area (Å²) >= 11 is 0. The molecule has 1 rings (SSSR count). The van der Waals surface area contributed by atoms with Gasteiger partial charge in [-0.15, -0.1) is 6.58 Å². The molecule has 0 unspecified atom stereocenters. The van der Waals surface area contributed by atoms with Crippen LogP contribution in [0.3, 0.4) is 0 Å². The van der Waals surface area contributed by atoms with Gasteiger partial charge < -0.3 is 4.74 Å². The number of hydrogen-bond acceptors (Lipinski definition) is 1. The minimum atomic E-state index is 0.749. The minimum Gasteiger partial charge on any atom is -0.494 e. The molecule has 1 aromatic carbocycles. The van der Waals surface area contributed by atoms with E-state index in [1.807, 2.05) is 36.4 Å². The Morgan fingerprint density at radius 2 is 1.86 bits per heavy atom. The lowest BCUT2D eigenvalue weighted by Crippen LogP contribution is -1.96. The molecule has 0 aliphatic rings. The van der Waals surface area contributed by atoms with E-state index < -0.39 is 0 Å². The first-order valence-electron chi connectivity index (χ1n) is 4.83. The van der Waals surface area contributed by atoms with Crippen LogP contribution in [0.15, 0.2) is 43.5 Å². The van der Waals surface area contributed by atoms with E-state index in [1.54, 1.807) is 0 Å². The SMILES string of the molecule is C=CCCCOc1ccc(C=C)cc1. The van der Waals surface area contributed by atoms with Gasteiger partial charge in [-0.3, -0.25) is 0 Å². The van der Waals surface area contributed by atoms with Gasteiger partial charge in [-0.05, 0) is 30.5 Å². The van der Waals surface area contributed by atoms with Crippen molar-refractivity contribution < 1.29 is 4.74 Å². The Labute approximate surface area is 85.7 Å². The molecule has 0 bridgehead atoms. The predicted octanol–water partition coefficient (Wildman–Crippen LogP) is 3.67. The second-order valence-corrected chi connectivity index (χ2v) is 3.05. The zero-order valence-corrected chi connectivity index (χ0v) is 8.41. The van der Waals surface area contributed by atoms with E-state index in [9.17, 15) is 0 Å². The molecule has 1 aromatic rings. The van der Waals surface area contributed by atoms with Crippen LogP contribution in [0.5, 0.6) is 5.75 Å². The van der Waals surface area contributed by atoms with Crippen LogP contribution in [0.2, 0.25) is 0 Å². The Hall–Kier alpha value is -1.50. The van der Waals surface area contributed by atoms with Crippen molar-refractivity contribution in [1.29, 1.82) is 0 Å². The van der Waals surface area contributed by atoms with Crippen LogP contribution in [0, 0.1) is 0 Å². The van der Waals surface area contributed by atoms with E-state index in [0.717, 1.165) is 30.8 Å². The smallest absolute Gasteiger partial charge is 0.119 e. The van der Waals surface area contributed by atoms with Crippen LogP contribution in [0.25, 0.3) is 6.08 Å². The maximum absolute atomic E-state index is 5.53. The maximum atomic E-state index is 5.53. The summed E-state index contributed by atoms with van der Waals surface area (Å²) in [5.74, 6) is 0.916. The van der Waals surface area contributed by atoms with Crippen LogP contribution in [-0.2, 0) is 0 Å². The number of benzene rings is 1. The number of ether oxygens (including phenoxy) is 1. The quantitative estimate of drug-likeness (QED) is 0.489. The molecular formula is C13H16O. The summed E-state index contributed by atoms with van der Waals surface area (Å²) in [5.41, 5.74) is 1.11. The van der Waals surface area contributed by atoms with Crippen molar-refractivity contribution in [3.63, 3.8) is 0 Å². The third kappa shape index (κ3) is 3.48. The molecule has 0 spiro atoms. The molecule has 0 amide bonds. The average Bonchev–Trinajstić information content (AvgIpc) is 2.25. The highest BCUT2D eigenvalue weighted by molar-refractivity contribution is 5.48. The van der Waals surface area contributed by atoms with Crippen molar-refractivity contribution in [2.45, 2.75) is 12.8 Å². The van der Waals surface area contributed by atoms with Gasteiger partial charge in [0.05, 0.1) is 6.61 Å². The Balaban J connectivity index is 2.36. The molecule has 0 heterocycles. The van der Waals surface area contributed by atoms with Gasteiger partial charge >= 0.3 is 0 Å². The van der Waals surface area contributed by atoms with E-state index in [0.29, 0.717) is 0 Å². The fraction of sp³-hybridized carbons (Fsp3) is 0.231. The summed E-state index contributed by atoms with van der Waals surface area (Å²) < 4.78 is 5.53. The Bertz CT molecular complexity index is 285. The largest absolute Gasteiger partial charge is 0.494 e. The van der Waals surface area contributed by atoms with Crippen LogP contribution < -0.4 is 4.74 Å². The third-order valence-corrected chi connectivity index (χ3v) is 1.94. The normalized spacial score (nSPS) is 9.43. The molecular weight excluding hydrogens is 172 g/mol. The fourth-order valence-corrected chi connectivity index (χ4v) is 1.12. The predicted molar refractivity (Wildman–Crippen MR) is 61.5 cm³/mol. The summed E-state index contributed by atoms with van der Waals surface area (Å²) in [5, 5.41) is 0. The third-order valence-electron chi connectivity index (χ3n) is 1.94. The van der Waals surface area contributed by atoms with Crippen molar-refractivity contribution in [2.24, 2.45) is 0 Å². The molecule has 74 valence electrons. The number of unbranched alkanes of at least 4 members (excludes halogenated alkanes) is 1. The molecule has 14 heavy (non-hydrogen) atoms. The van der Waals surface area contributed by atoms with Crippen LogP contribution in [0.4, 0.5) is 0 Å². The van der Waals surface area contributed by atoms with E-state index in [-0.39, 0.29) is 0 Å². The zero-order valence-electron chi connectivity index (χ0n) is 8.41. The molecule has 0 N–H and O–H groups in total. The van der Waals surface area contributed by atoms with Crippen molar-refractivity contribution in [3.8, 4) is 5.75 Å². The standard InChI is InChI=1S/C13H16O/c1-3-5-6-11-14-13-9-7-12(4-2)8-10-13/h3-4,7-10H,1-2,5-6,11H2. The number of hydrogen-bond donors (Lipinski definition) is 0. The van der Waals surface area contributed by atoms with E-state index in [1.165, 1.54) is 0 Å². The highest BCUT2D eigenvalue weighted by atomic mass is 16.5. The topological polar surface area (TPSA) is 9.23 Å². The van der Waals surface area contributed by atoms with Crippen LogP contribution in [0.1, 0.15) is 18.4 Å². The lowest BCUT2D eigenvalue weighted by atomic mass is 10.2. The highest BCUT2D eigenvalue weighted by Gasteiger charge is 1.92. The maximum Gasteiger partial charge on any atom is 0.119 e. The van der Waals surface area contributed by atoms with Crippen LogP contribution in [-0.4, -0.2) is 6.61 Å². The average molecular weight is 188 g/mol. The second kappa shape index (κ2) is 6.03. The van der Waals surface area contributed by atoms with Gasteiger partial charge in [0.25, 0.3) is 0 Å². The number of allylic oxidation sites excluding steroid dienone is 1. The molecule has 0 saturated heterocycles. The summed E-state index contributed by atoms with van der Waals surface area (Å²) in [4.78, 5) is 0. The monoisotopic (exact) mass is 188 g/mol. The molecule has 0 atom stereocenters. The second-order valence-electron chi connectivity index (χ2n) is 3.05. The lowest BCUT2D eigenvalue weighted by Gasteiger charge is -2.04. The molecule has 0 aliphatic heterocycles. The first kappa shape index (κ1) is 10.6. The van der Waals surface area contributed by atoms with Gasteiger partial charge in [0, 0.05) is 0 Å². The van der Waals surface area contributed by atoms with Crippen LogP contribution >= 0.6 is 0 Å². The van der Waals surface area contributed by atoms with E-state index >= 15 is 0 Å². The zero-order chi connectivity index (χ0) is 10.2. The van der Waals surface area contributed by atoms with Gasteiger partial charge in [0.1, 0.15) is 5.75 Å². The first-order valence-corrected chi connectivity index (χ1v) is 4.83. The van der Waals surface area contributed by atoms with E-state index in [2.05, 4.69) is 13.2 Å². The molecule has 0 radical (unpaired) electrons. The van der Waals surface area contributed by atoms with Crippen molar-refractivity contribution in [1.82, 2.24) is 0 Å². The van der Waals surface area contributed by atoms with Gasteiger partial charge in [0.2, 0.25) is 0 Å². The molecule has 1 heteroatoms. The Morgan fingerprint density at radius 1 is 1.14 bits per heavy atom. The summed E-state index contributed by atoms with van der Waals surface area (Å²) in [6, 6.07) is 7.92. The highest BCUT2D eigenvalue weighted by Crippen LogP contribution is 2.13. The van der Waals surface area contributed by atoms with Gasteiger partial charge in [0.15, 0.2) is 0 Å². The van der Waals surface area contributed by atoms with Gasteiger partial charge in [-0.1, -0.05) is 30.9 Å². The van der Waals surface area contributed by atoms with Crippen molar-refractivity contribution >= 4 is 6.08 Å². The molecule has 0 aromatic heterocycles. The summed E-state index contributed by atoms with van der Waals surface area (Å²) in [6.07, 6.45) is 5.75. The number of rotatable bonds is 6. The lowest BCUT2D eigenvalue weighted by molar-refractivity contribution is 0.312. The molecule has 1 nitrogen and oxygen atoms in total. The minimum absolute atomic E-state index is 0.749. The van der Waals surface area contributed by atoms with E-state index in [4.69, 9.17) is 4.74 Å². The van der Waals surface area contributed by atoms with Gasteiger partial charge in [-0.25, -0.2) is 0 Å². The van der Waals surface area contributed by atoms with Crippen molar-refractivity contribution in [2.75, 3.05) is 6.61 Å².